The Balaban J connectivity index is 2.45. The molecule has 0 aliphatic rings. The first-order valence-corrected chi connectivity index (χ1v) is 7.61. The fourth-order valence-corrected chi connectivity index (χ4v) is 2.20. The summed E-state index contributed by atoms with van der Waals surface area (Å²) in [4.78, 5) is 12.2. The van der Waals surface area contributed by atoms with E-state index in [1.165, 1.54) is 0 Å². The molecule has 100 valence electrons. The van der Waals surface area contributed by atoms with Crippen molar-refractivity contribution in [2.75, 3.05) is 11.9 Å². The highest BCUT2D eigenvalue weighted by Gasteiger charge is 2.28. The van der Waals surface area contributed by atoms with Crippen LogP contribution in [0.2, 0.25) is 0 Å². The molecule has 1 aromatic carbocycles. The second-order valence-electron chi connectivity index (χ2n) is 5.00. The van der Waals surface area contributed by atoms with Crippen LogP contribution in [0.1, 0.15) is 38.7 Å². The minimum absolute atomic E-state index is 0.104. The second kappa shape index (κ2) is 7.57. The van der Waals surface area contributed by atoms with Gasteiger partial charge in [-0.05, 0) is 32.3 Å². The Hall–Kier alpha value is -0.830. The average molecular weight is 312 g/mol. The Bertz CT molecular complexity index is 362. The van der Waals surface area contributed by atoms with Gasteiger partial charge in [-0.1, -0.05) is 52.7 Å². The van der Waals surface area contributed by atoms with Crippen LogP contribution in [0.25, 0.3) is 0 Å². The van der Waals surface area contributed by atoms with Crippen LogP contribution in [0.5, 0.6) is 0 Å². The first-order chi connectivity index (χ1) is 8.59. The number of alkyl halides is 1. The molecule has 2 nitrogen and oxygen atoms in total. The molecule has 0 saturated carbocycles. The molecule has 0 aliphatic heterocycles. The van der Waals surface area contributed by atoms with Crippen molar-refractivity contribution in [3.05, 3.63) is 35.9 Å². The van der Waals surface area contributed by atoms with E-state index in [-0.39, 0.29) is 5.91 Å². The van der Waals surface area contributed by atoms with Crippen molar-refractivity contribution in [3.8, 4) is 0 Å². The summed E-state index contributed by atoms with van der Waals surface area (Å²) in [6, 6.07) is 9.92. The number of benzene rings is 1. The standard InChI is InChI=1S/C15H22BrNO/c1-15(2,13-9-5-3-6-10-13)14(18)17-12-8-4-7-11-16/h3,5-6,9-10H,4,7-8,11-12H2,1-2H3,(H,17,18). The Labute approximate surface area is 118 Å². The van der Waals surface area contributed by atoms with E-state index in [0.717, 1.165) is 36.7 Å². The fourth-order valence-electron chi connectivity index (χ4n) is 1.81. The predicted octanol–water partition coefficient (Wildman–Crippen LogP) is 3.65. The molecule has 0 radical (unpaired) electrons. The Morgan fingerprint density at radius 3 is 2.44 bits per heavy atom. The summed E-state index contributed by atoms with van der Waals surface area (Å²) in [5.41, 5.74) is 0.597. The van der Waals surface area contributed by atoms with Gasteiger partial charge in [0.05, 0.1) is 5.41 Å². The number of carbonyl (C=O) groups is 1. The Kier molecular flexibility index (Phi) is 6.41. The van der Waals surface area contributed by atoms with Crippen LogP contribution in [0.15, 0.2) is 30.3 Å². The maximum Gasteiger partial charge on any atom is 0.230 e. The van der Waals surface area contributed by atoms with Gasteiger partial charge in [0, 0.05) is 11.9 Å². The molecule has 0 spiro atoms. The van der Waals surface area contributed by atoms with Crippen LogP contribution in [0.3, 0.4) is 0 Å². The normalized spacial score (nSPS) is 11.3. The van der Waals surface area contributed by atoms with E-state index in [0.29, 0.717) is 0 Å². The third-order valence-electron chi connectivity index (χ3n) is 3.16. The van der Waals surface area contributed by atoms with Crippen molar-refractivity contribution < 1.29 is 4.79 Å². The lowest BCUT2D eigenvalue weighted by Gasteiger charge is -2.24. The molecule has 0 bridgehead atoms. The van der Waals surface area contributed by atoms with Crippen LogP contribution < -0.4 is 5.32 Å². The van der Waals surface area contributed by atoms with Crippen molar-refractivity contribution in [2.24, 2.45) is 0 Å². The number of halogens is 1. The molecule has 0 unspecified atom stereocenters. The molecule has 0 saturated heterocycles. The third-order valence-corrected chi connectivity index (χ3v) is 3.72. The average Bonchev–Trinajstić information content (AvgIpc) is 2.39. The van der Waals surface area contributed by atoms with Crippen LogP contribution in [-0.4, -0.2) is 17.8 Å². The summed E-state index contributed by atoms with van der Waals surface area (Å²) in [5.74, 6) is 0.104. The lowest BCUT2D eigenvalue weighted by atomic mass is 9.84. The third kappa shape index (κ3) is 4.45. The van der Waals surface area contributed by atoms with Gasteiger partial charge < -0.3 is 5.32 Å². The highest BCUT2D eigenvalue weighted by Crippen LogP contribution is 2.22. The van der Waals surface area contributed by atoms with Crippen molar-refractivity contribution in [3.63, 3.8) is 0 Å². The lowest BCUT2D eigenvalue weighted by molar-refractivity contribution is -0.125. The van der Waals surface area contributed by atoms with Gasteiger partial charge in [-0.2, -0.15) is 0 Å². The Morgan fingerprint density at radius 2 is 1.83 bits per heavy atom. The van der Waals surface area contributed by atoms with Gasteiger partial charge in [-0.15, -0.1) is 0 Å². The first kappa shape index (κ1) is 15.2. The molecule has 0 aliphatic carbocycles. The smallest absolute Gasteiger partial charge is 0.230 e. The van der Waals surface area contributed by atoms with Crippen LogP contribution in [0.4, 0.5) is 0 Å². The van der Waals surface area contributed by atoms with Gasteiger partial charge >= 0.3 is 0 Å². The van der Waals surface area contributed by atoms with E-state index in [4.69, 9.17) is 0 Å². The molecule has 3 heteroatoms. The highest BCUT2D eigenvalue weighted by molar-refractivity contribution is 9.09. The number of amides is 1. The number of hydrogen-bond acceptors (Lipinski definition) is 1. The number of unbranched alkanes of at least 4 members (excludes halogenated alkanes) is 2. The molecule has 1 N–H and O–H groups in total. The molecule has 1 rings (SSSR count). The topological polar surface area (TPSA) is 29.1 Å². The van der Waals surface area contributed by atoms with E-state index < -0.39 is 5.41 Å². The lowest BCUT2D eigenvalue weighted by Crippen LogP contribution is -2.40. The summed E-state index contributed by atoms with van der Waals surface area (Å²) < 4.78 is 0. The minimum Gasteiger partial charge on any atom is -0.355 e. The summed E-state index contributed by atoms with van der Waals surface area (Å²) in [7, 11) is 0. The number of nitrogens with one attached hydrogen (secondary N) is 1. The number of rotatable bonds is 7. The zero-order chi connectivity index (χ0) is 13.4. The van der Waals surface area contributed by atoms with E-state index in [1.807, 2.05) is 44.2 Å². The quantitative estimate of drug-likeness (QED) is 0.604. The molecule has 0 aromatic heterocycles. The minimum atomic E-state index is -0.462. The van der Waals surface area contributed by atoms with Crippen LogP contribution >= 0.6 is 15.9 Å². The van der Waals surface area contributed by atoms with Crippen molar-refractivity contribution in [2.45, 2.75) is 38.5 Å². The number of carbonyl (C=O) groups excluding carboxylic acids is 1. The maximum absolute atomic E-state index is 12.2. The van der Waals surface area contributed by atoms with Crippen LogP contribution in [-0.2, 0) is 10.2 Å². The van der Waals surface area contributed by atoms with Gasteiger partial charge in [-0.3, -0.25) is 4.79 Å². The summed E-state index contributed by atoms with van der Waals surface area (Å²) in [6.07, 6.45) is 3.36. The molecular weight excluding hydrogens is 290 g/mol. The SMILES string of the molecule is CC(C)(C(=O)NCCCCCBr)c1ccccc1. The van der Waals surface area contributed by atoms with Gasteiger partial charge in [-0.25, -0.2) is 0 Å². The van der Waals surface area contributed by atoms with Gasteiger partial charge in [0.25, 0.3) is 0 Å². The van der Waals surface area contributed by atoms with Crippen molar-refractivity contribution >= 4 is 21.8 Å². The van der Waals surface area contributed by atoms with E-state index in [1.54, 1.807) is 0 Å². The van der Waals surface area contributed by atoms with E-state index >= 15 is 0 Å². The largest absolute Gasteiger partial charge is 0.355 e. The number of hydrogen-bond donors (Lipinski definition) is 1. The van der Waals surface area contributed by atoms with Gasteiger partial charge in [0.1, 0.15) is 0 Å². The summed E-state index contributed by atoms with van der Waals surface area (Å²) in [6.45, 7) is 4.70. The molecule has 18 heavy (non-hydrogen) atoms. The van der Waals surface area contributed by atoms with E-state index in [9.17, 15) is 4.79 Å². The fraction of sp³-hybridized carbons (Fsp3) is 0.533. The van der Waals surface area contributed by atoms with Crippen LogP contribution in [0, 0.1) is 0 Å². The van der Waals surface area contributed by atoms with E-state index in [2.05, 4.69) is 21.2 Å². The summed E-state index contributed by atoms with van der Waals surface area (Å²) >= 11 is 3.41. The predicted molar refractivity (Wildman–Crippen MR) is 80.1 cm³/mol. The zero-order valence-electron chi connectivity index (χ0n) is 11.2. The molecule has 0 atom stereocenters. The van der Waals surface area contributed by atoms with Gasteiger partial charge in [0.15, 0.2) is 0 Å². The second-order valence-corrected chi connectivity index (χ2v) is 5.79. The zero-order valence-corrected chi connectivity index (χ0v) is 12.8. The molecule has 1 amide bonds. The molecular formula is C15H22BrNO. The van der Waals surface area contributed by atoms with Gasteiger partial charge in [0.2, 0.25) is 5.91 Å². The first-order valence-electron chi connectivity index (χ1n) is 6.49. The van der Waals surface area contributed by atoms with Crippen molar-refractivity contribution in [1.29, 1.82) is 0 Å². The van der Waals surface area contributed by atoms with Crippen molar-refractivity contribution in [1.82, 2.24) is 5.32 Å². The summed E-state index contributed by atoms with van der Waals surface area (Å²) in [5, 5.41) is 4.06. The molecule has 1 aromatic rings. The Morgan fingerprint density at radius 1 is 1.17 bits per heavy atom. The highest BCUT2D eigenvalue weighted by atomic mass is 79.9. The maximum atomic E-state index is 12.2. The molecule has 0 heterocycles. The monoisotopic (exact) mass is 311 g/mol. The molecule has 0 fully saturated rings.